The summed E-state index contributed by atoms with van der Waals surface area (Å²) < 4.78 is 7.95. The number of hydrogen-bond donors (Lipinski definition) is 1. The van der Waals surface area contributed by atoms with Crippen LogP contribution in [0.15, 0.2) is 42.7 Å². The molecule has 1 atom stereocenters. The molecule has 0 aliphatic rings. The first-order valence-corrected chi connectivity index (χ1v) is 7.67. The molecule has 0 saturated carbocycles. The van der Waals surface area contributed by atoms with Gasteiger partial charge in [-0.2, -0.15) is 0 Å². The molecule has 4 heteroatoms. The zero-order valence-electron chi connectivity index (χ0n) is 13.0. The van der Waals surface area contributed by atoms with Gasteiger partial charge in [-0.3, -0.25) is 0 Å². The van der Waals surface area contributed by atoms with Crippen LogP contribution in [0.4, 0.5) is 0 Å². The summed E-state index contributed by atoms with van der Waals surface area (Å²) in [5, 5.41) is 3.56. The van der Waals surface area contributed by atoms with Gasteiger partial charge in [0.05, 0.1) is 0 Å². The fraction of sp³-hybridized carbons (Fsp3) is 0.471. The monoisotopic (exact) mass is 287 g/mol. The van der Waals surface area contributed by atoms with Gasteiger partial charge in [-0.1, -0.05) is 25.1 Å². The van der Waals surface area contributed by atoms with Gasteiger partial charge >= 0.3 is 0 Å². The molecule has 0 aliphatic heterocycles. The van der Waals surface area contributed by atoms with E-state index in [4.69, 9.17) is 4.74 Å². The van der Waals surface area contributed by atoms with Crippen molar-refractivity contribution in [2.75, 3.05) is 13.2 Å². The summed E-state index contributed by atoms with van der Waals surface area (Å²) in [5.41, 5.74) is 0. The molecule has 0 aliphatic carbocycles. The van der Waals surface area contributed by atoms with Crippen LogP contribution in [0, 0.1) is 0 Å². The maximum Gasteiger partial charge on any atom is 0.119 e. The standard InChI is InChI=1S/C17H25N3O/c1-3-11-18-15(9-10-17-19-12-13-20(17)2)14-21-16-7-5-4-6-8-16/h4-8,12-13,15,18H,3,9-11,14H2,1-2H3. The highest BCUT2D eigenvalue weighted by Gasteiger charge is 2.10. The minimum atomic E-state index is 0.349. The van der Waals surface area contributed by atoms with E-state index in [1.54, 1.807) is 0 Å². The quantitative estimate of drug-likeness (QED) is 0.771. The van der Waals surface area contributed by atoms with Crippen LogP contribution in [0.5, 0.6) is 5.75 Å². The highest BCUT2D eigenvalue weighted by molar-refractivity contribution is 5.20. The SMILES string of the molecule is CCCNC(CCc1nccn1C)COc1ccccc1. The molecule has 0 spiro atoms. The van der Waals surface area contributed by atoms with Crippen molar-refractivity contribution in [1.82, 2.24) is 14.9 Å². The number of para-hydroxylation sites is 1. The molecular weight excluding hydrogens is 262 g/mol. The molecule has 21 heavy (non-hydrogen) atoms. The van der Waals surface area contributed by atoms with Crippen LogP contribution in [0.1, 0.15) is 25.6 Å². The lowest BCUT2D eigenvalue weighted by Gasteiger charge is -2.19. The van der Waals surface area contributed by atoms with Gasteiger partial charge in [0, 0.05) is 31.9 Å². The van der Waals surface area contributed by atoms with Crippen LogP contribution in [-0.2, 0) is 13.5 Å². The Morgan fingerprint density at radius 1 is 1.29 bits per heavy atom. The molecule has 0 saturated heterocycles. The third-order valence-electron chi connectivity index (χ3n) is 3.51. The maximum absolute atomic E-state index is 5.88. The molecule has 4 nitrogen and oxygen atoms in total. The van der Waals surface area contributed by atoms with Crippen molar-refractivity contribution in [2.45, 2.75) is 32.2 Å². The van der Waals surface area contributed by atoms with Crippen molar-refractivity contribution in [3.05, 3.63) is 48.5 Å². The Morgan fingerprint density at radius 3 is 2.76 bits per heavy atom. The number of rotatable bonds is 9. The number of aromatic nitrogens is 2. The van der Waals surface area contributed by atoms with Gasteiger partial charge in [0.25, 0.3) is 0 Å². The summed E-state index contributed by atoms with van der Waals surface area (Å²) in [4.78, 5) is 4.38. The third kappa shape index (κ3) is 5.23. The number of imidazole rings is 1. The fourth-order valence-electron chi connectivity index (χ4n) is 2.25. The van der Waals surface area contributed by atoms with Crippen molar-refractivity contribution >= 4 is 0 Å². The van der Waals surface area contributed by atoms with Gasteiger partial charge in [0.15, 0.2) is 0 Å². The first-order valence-electron chi connectivity index (χ1n) is 7.67. The van der Waals surface area contributed by atoms with E-state index < -0.39 is 0 Å². The molecular formula is C17H25N3O. The molecule has 0 bridgehead atoms. The minimum Gasteiger partial charge on any atom is -0.492 e. The lowest BCUT2D eigenvalue weighted by Crippen LogP contribution is -2.35. The average Bonchev–Trinajstić information content (AvgIpc) is 2.93. The van der Waals surface area contributed by atoms with E-state index in [-0.39, 0.29) is 0 Å². The number of nitrogens with zero attached hydrogens (tertiary/aromatic N) is 2. The van der Waals surface area contributed by atoms with E-state index in [0.29, 0.717) is 12.6 Å². The van der Waals surface area contributed by atoms with Gasteiger partial charge < -0.3 is 14.6 Å². The van der Waals surface area contributed by atoms with E-state index in [2.05, 4.69) is 21.8 Å². The van der Waals surface area contributed by atoms with Crippen LogP contribution in [0.25, 0.3) is 0 Å². The van der Waals surface area contributed by atoms with E-state index in [1.807, 2.05) is 49.8 Å². The lowest BCUT2D eigenvalue weighted by molar-refractivity contribution is 0.256. The first-order chi connectivity index (χ1) is 10.3. The van der Waals surface area contributed by atoms with Crippen molar-refractivity contribution in [3.63, 3.8) is 0 Å². The summed E-state index contributed by atoms with van der Waals surface area (Å²) in [6.45, 7) is 3.89. The second-order valence-electron chi connectivity index (χ2n) is 5.27. The summed E-state index contributed by atoms with van der Waals surface area (Å²) in [6.07, 6.45) is 6.96. The molecule has 1 unspecified atom stereocenters. The second kappa shape index (κ2) is 8.47. The molecule has 0 amide bonds. The van der Waals surface area contributed by atoms with Gasteiger partial charge in [0.1, 0.15) is 18.2 Å². The zero-order chi connectivity index (χ0) is 14.9. The predicted molar refractivity (Wildman–Crippen MR) is 85.5 cm³/mol. The molecule has 1 N–H and O–H groups in total. The smallest absolute Gasteiger partial charge is 0.119 e. The van der Waals surface area contributed by atoms with Crippen LogP contribution in [-0.4, -0.2) is 28.7 Å². The Labute approximate surface area is 127 Å². The Hall–Kier alpha value is -1.81. The highest BCUT2D eigenvalue weighted by Crippen LogP contribution is 2.10. The van der Waals surface area contributed by atoms with Crippen LogP contribution in [0.2, 0.25) is 0 Å². The lowest BCUT2D eigenvalue weighted by atomic mass is 10.1. The number of hydrogen-bond acceptors (Lipinski definition) is 3. The number of nitrogens with one attached hydrogen (secondary N) is 1. The third-order valence-corrected chi connectivity index (χ3v) is 3.51. The van der Waals surface area contributed by atoms with Crippen LogP contribution >= 0.6 is 0 Å². The van der Waals surface area contributed by atoms with Crippen molar-refractivity contribution in [2.24, 2.45) is 7.05 Å². The van der Waals surface area contributed by atoms with E-state index in [0.717, 1.165) is 37.4 Å². The highest BCUT2D eigenvalue weighted by atomic mass is 16.5. The first kappa shape index (κ1) is 15.6. The van der Waals surface area contributed by atoms with E-state index >= 15 is 0 Å². The van der Waals surface area contributed by atoms with Crippen LogP contribution < -0.4 is 10.1 Å². The molecule has 0 fully saturated rings. The van der Waals surface area contributed by atoms with Gasteiger partial charge in [-0.25, -0.2) is 4.98 Å². The summed E-state index contributed by atoms with van der Waals surface area (Å²) in [6, 6.07) is 10.3. The minimum absolute atomic E-state index is 0.349. The number of aryl methyl sites for hydroxylation is 2. The second-order valence-corrected chi connectivity index (χ2v) is 5.27. The van der Waals surface area contributed by atoms with E-state index in [9.17, 15) is 0 Å². The average molecular weight is 287 g/mol. The molecule has 1 aromatic heterocycles. The van der Waals surface area contributed by atoms with Gasteiger partial charge in [0.2, 0.25) is 0 Å². The Balaban J connectivity index is 1.83. The van der Waals surface area contributed by atoms with E-state index in [1.165, 1.54) is 0 Å². The topological polar surface area (TPSA) is 39.1 Å². The van der Waals surface area contributed by atoms with Crippen molar-refractivity contribution in [1.29, 1.82) is 0 Å². The van der Waals surface area contributed by atoms with Gasteiger partial charge in [-0.15, -0.1) is 0 Å². The van der Waals surface area contributed by atoms with Crippen LogP contribution in [0.3, 0.4) is 0 Å². The largest absolute Gasteiger partial charge is 0.492 e. The summed E-state index contributed by atoms with van der Waals surface area (Å²) in [5.74, 6) is 2.05. The number of ether oxygens (including phenoxy) is 1. The maximum atomic E-state index is 5.88. The Bertz CT molecular complexity index is 510. The molecule has 114 valence electrons. The molecule has 2 aromatic rings. The molecule has 2 rings (SSSR count). The van der Waals surface area contributed by atoms with Gasteiger partial charge in [-0.05, 0) is 31.5 Å². The van der Waals surface area contributed by atoms with Crippen molar-refractivity contribution in [3.8, 4) is 5.75 Å². The molecule has 0 radical (unpaired) electrons. The fourth-order valence-corrected chi connectivity index (χ4v) is 2.25. The normalized spacial score (nSPS) is 12.3. The predicted octanol–water partition coefficient (Wildman–Crippen LogP) is 2.80. The summed E-state index contributed by atoms with van der Waals surface area (Å²) in [7, 11) is 2.04. The Morgan fingerprint density at radius 2 is 2.10 bits per heavy atom. The zero-order valence-corrected chi connectivity index (χ0v) is 13.0. The van der Waals surface area contributed by atoms with Crippen molar-refractivity contribution < 1.29 is 4.74 Å². The molecule has 1 heterocycles. The molecule has 1 aromatic carbocycles. The number of benzene rings is 1. The Kier molecular flexibility index (Phi) is 6.28. The summed E-state index contributed by atoms with van der Waals surface area (Å²) >= 11 is 0.